The minimum Gasteiger partial charge on any atom is -0.113 e. The number of halogens is 3. The van der Waals surface area contributed by atoms with Gasteiger partial charge in [-0.1, -0.05) is 41.1 Å². The van der Waals surface area contributed by atoms with E-state index in [1.807, 2.05) is 0 Å². The lowest BCUT2D eigenvalue weighted by molar-refractivity contribution is 1.64. The molecule has 0 spiro atoms. The fourth-order valence-electron chi connectivity index (χ4n) is 0.729. The van der Waals surface area contributed by atoms with Gasteiger partial charge in [0, 0.05) is 5.56 Å². The van der Waals surface area contributed by atoms with E-state index in [4.69, 9.17) is 34.8 Å². The van der Waals surface area contributed by atoms with E-state index >= 15 is 0 Å². The minimum absolute atomic E-state index is 0.294. The maximum Gasteiger partial charge on any atom is 0.0839 e. The second-order valence-corrected chi connectivity index (χ2v) is 3.09. The van der Waals surface area contributed by atoms with Crippen LogP contribution in [-0.4, -0.2) is 5.88 Å². The van der Waals surface area contributed by atoms with Crippen LogP contribution in [0, 0.1) is 11.8 Å². The Labute approximate surface area is 86.4 Å². The molecule has 0 fully saturated rings. The highest BCUT2D eigenvalue weighted by molar-refractivity contribution is 6.42. The summed E-state index contributed by atoms with van der Waals surface area (Å²) in [6.07, 6.45) is 0. The molecule has 1 aromatic carbocycles. The molecule has 0 saturated carbocycles. The van der Waals surface area contributed by atoms with Crippen LogP contribution in [0.15, 0.2) is 18.2 Å². The molecule has 0 atom stereocenters. The maximum absolute atomic E-state index is 5.85. The predicted octanol–water partition coefficient (Wildman–Crippen LogP) is 3.58. The molecule has 0 aliphatic carbocycles. The van der Waals surface area contributed by atoms with E-state index in [9.17, 15) is 0 Å². The molecule has 1 rings (SSSR count). The molecule has 0 aliphatic rings. The predicted molar refractivity (Wildman–Crippen MR) is 54.1 cm³/mol. The van der Waals surface area contributed by atoms with Gasteiger partial charge in [-0.05, 0) is 12.1 Å². The number of benzene rings is 1. The van der Waals surface area contributed by atoms with Crippen molar-refractivity contribution < 1.29 is 0 Å². The monoisotopic (exact) mass is 218 g/mol. The molecule has 0 bridgehead atoms. The number of alkyl halides is 1. The van der Waals surface area contributed by atoms with Crippen molar-refractivity contribution in [3.05, 3.63) is 33.8 Å². The highest BCUT2D eigenvalue weighted by Crippen LogP contribution is 2.24. The molecule has 12 heavy (non-hydrogen) atoms. The topological polar surface area (TPSA) is 0 Å². The lowest BCUT2D eigenvalue weighted by Crippen LogP contribution is -1.77. The van der Waals surface area contributed by atoms with Gasteiger partial charge < -0.3 is 0 Å². The van der Waals surface area contributed by atoms with Gasteiger partial charge in [0.25, 0.3) is 0 Å². The largest absolute Gasteiger partial charge is 0.113 e. The smallest absolute Gasteiger partial charge is 0.0839 e. The second-order valence-electron chi connectivity index (χ2n) is 2.04. The molecule has 0 amide bonds. The van der Waals surface area contributed by atoms with Gasteiger partial charge in [-0.25, -0.2) is 0 Å². The molecule has 0 heterocycles. The van der Waals surface area contributed by atoms with E-state index in [0.29, 0.717) is 21.5 Å². The van der Waals surface area contributed by atoms with Gasteiger partial charge in [-0.3, -0.25) is 0 Å². The van der Waals surface area contributed by atoms with Crippen molar-refractivity contribution in [3.8, 4) is 11.8 Å². The quantitative estimate of drug-likeness (QED) is 0.462. The molecule has 3 heteroatoms. The molecule has 1 aromatic rings. The van der Waals surface area contributed by atoms with Gasteiger partial charge in [0.05, 0.1) is 15.9 Å². The Bertz CT molecular complexity index is 333. The zero-order valence-electron chi connectivity index (χ0n) is 6.07. The molecular formula is C9H5Cl3. The number of hydrogen-bond acceptors (Lipinski definition) is 0. The van der Waals surface area contributed by atoms with E-state index in [1.54, 1.807) is 18.2 Å². The van der Waals surface area contributed by atoms with Crippen LogP contribution in [0.2, 0.25) is 10.0 Å². The number of rotatable bonds is 0. The van der Waals surface area contributed by atoms with Crippen molar-refractivity contribution in [2.24, 2.45) is 0 Å². The average molecular weight is 219 g/mol. The molecule has 0 N–H and O–H groups in total. The highest BCUT2D eigenvalue weighted by Gasteiger charge is 1.99. The molecule has 0 nitrogen and oxygen atoms in total. The van der Waals surface area contributed by atoms with Gasteiger partial charge in [0.15, 0.2) is 0 Å². The molecular weight excluding hydrogens is 214 g/mol. The summed E-state index contributed by atoms with van der Waals surface area (Å²) in [4.78, 5) is 0. The number of hydrogen-bond donors (Lipinski definition) is 0. The molecule has 0 aliphatic heterocycles. The van der Waals surface area contributed by atoms with Crippen LogP contribution in [0.1, 0.15) is 5.56 Å². The van der Waals surface area contributed by atoms with Crippen LogP contribution in [0.4, 0.5) is 0 Å². The molecule has 62 valence electrons. The van der Waals surface area contributed by atoms with Gasteiger partial charge in [-0.2, -0.15) is 0 Å². The zero-order valence-corrected chi connectivity index (χ0v) is 8.34. The van der Waals surface area contributed by atoms with Crippen LogP contribution in [-0.2, 0) is 0 Å². The Balaban J connectivity index is 3.08. The summed E-state index contributed by atoms with van der Waals surface area (Å²) in [5, 5.41) is 0.995. The van der Waals surface area contributed by atoms with Gasteiger partial charge >= 0.3 is 0 Å². The SMILES string of the molecule is ClCC#Cc1cccc(Cl)c1Cl. The lowest BCUT2D eigenvalue weighted by atomic mass is 10.2. The Morgan fingerprint density at radius 1 is 1.25 bits per heavy atom. The second kappa shape index (κ2) is 4.62. The van der Waals surface area contributed by atoms with Crippen molar-refractivity contribution in [1.29, 1.82) is 0 Å². The first kappa shape index (κ1) is 9.74. The van der Waals surface area contributed by atoms with Crippen molar-refractivity contribution in [2.45, 2.75) is 0 Å². The van der Waals surface area contributed by atoms with E-state index in [1.165, 1.54) is 0 Å². The highest BCUT2D eigenvalue weighted by atomic mass is 35.5. The fourth-order valence-corrected chi connectivity index (χ4v) is 1.14. The fraction of sp³-hybridized carbons (Fsp3) is 0.111. The Morgan fingerprint density at radius 3 is 2.67 bits per heavy atom. The third kappa shape index (κ3) is 2.32. The van der Waals surface area contributed by atoms with Crippen LogP contribution in [0.25, 0.3) is 0 Å². The van der Waals surface area contributed by atoms with Crippen molar-refractivity contribution in [3.63, 3.8) is 0 Å². The first-order valence-corrected chi connectivity index (χ1v) is 4.53. The first-order valence-electron chi connectivity index (χ1n) is 3.24. The normalized spacial score (nSPS) is 8.92. The maximum atomic E-state index is 5.85. The van der Waals surface area contributed by atoms with E-state index in [0.717, 1.165) is 0 Å². The molecule has 0 aromatic heterocycles. The summed E-state index contributed by atoms with van der Waals surface area (Å²) in [5.41, 5.74) is 0.713. The van der Waals surface area contributed by atoms with Crippen LogP contribution < -0.4 is 0 Å². The van der Waals surface area contributed by atoms with Crippen LogP contribution in [0.5, 0.6) is 0 Å². The van der Waals surface area contributed by atoms with E-state index in [2.05, 4.69) is 11.8 Å². The zero-order chi connectivity index (χ0) is 8.97. The lowest BCUT2D eigenvalue weighted by Gasteiger charge is -1.96. The summed E-state index contributed by atoms with van der Waals surface area (Å²) in [7, 11) is 0. The molecule has 0 radical (unpaired) electrons. The summed E-state index contributed by atoms with van der Waals surface area (Å²) in [5.74, 6) is 5.80. The van der Waals surface area contributed by atoms with Gasteiger partial charge in [-0.15, -0.1) is 11.6 Å². The Kier molecular flexibility index (Phi) is 3.75. The average Bonchev–Trinajstić information content (AvgIpc) is 2.08. The van der Waals surface area contributed by atoms with E-state index in [-0.39, 0.29) is 0 Å². The van der Waals surface area contributed by atoms with Crippen molar-refractivity contribution in [1.82, 2.24) is 0 Å². The van der Waals surface area contributed by atoms with Gasteiger partial charge in [0.2, 0.25) is 0 Å². The van der Waals surface area contributed by atoms with Crippen LogP contribution in [0.3, 0.4) is 0 Å². The Hall–Kier alpha value is -0.350. The molecule has 0 unspecified atom stereocenters. The Morgan fingerprint density at radius 2 is 2.00 bits per heavy atom. The van der Waals surface area contributed by atoms with Crippen molar-refractivity contribution >= 4 is 34.8 Å². The summed E-state index contributed by atoms with van der Waals surface area (Å²) in [6, 6.07) is 5.32. The first-order chi connectivity index (χ1) is 5.75. The van der Waals surface area contributed by atoms with Crippen LogP contribution >= 0.6 is 34.8 Å². The van der Waals surface area contributed by atoms with E-state index < -0.39 is 0 Å². The van der Waals surface area contributed by atoms with Crippen molar-refractivity contribution in [2.75, 3.05) is 5.88 Å². The summed E-state index contributed by atoms with van der Waals surface area (Å²) < 4.78 is 0. The third-order valence-electron chi connectivity index (χ3n) is 1.24. The minimum atomic E-state index is 0.294. The van der Waals surface area contributed by atoms with Gasteiger partial charge in [0.1, 0.15) is 0 Å². The summed E-state index contributed by atoms with van der Waals surface area (Å²) >= 11 is 17.0. The standard InChI is InChI=1S/C9H5Cl3/c10-6-2-4-7-3-1-5-8(11)9(7)12/h1,3,5H,6H2. The molecule has 0 saturated heterocycles. The summed E-state index contributed by atoms with van der Waals surface area (Å²) in [6.45, 7) is 0. The third-order valence-corrected chi connectivity index (χ3v) is 2.19.